The van der Waals surface area contributed by atoms with Gasteiger partial charge in [0.05, 0.1) is 17.3 Å². The zero-order valence-electron chi connectivity index (χ0n) is 16.9. The molecule has 30 heavy (non-hydrogen) atoms. The molecule has 1 amide bonds. The second-order valence-corrected chi connectivity index (χ2v) is 7.42. The molecule has 0 saturated heterocycles. The van der Waals surface area contributed by atoms with Crippen LogP contribution in [0.1, 0.15) is 18.1 Å². The quantitative estimate of drug-likeness (QED) is 0.683. The average molecular weight is 420 g/mol. The lowest BCUT2D eigenvalue weighted by Crippen LogP contribution is -2.33. The molecule has 0 aliphatic heterocycles. The average Bonchev–Trinajstić information content (AvgIpc) is 3.10. The van der Waals surface area contributed by atoms with E-state index in [0.717, 1.165) is 28.9 Å². The van der Waals surface area contributed by atoms with Crippen molar-refractivity contribution in [3.8, 4) is 17.5 Å². The van der Waals surface area contributed by atoms with E-state index in [0.29, 0.717) is 16.0 Å². The summed E-state index contributed by atoms with van der Waals surface area (Å²) in [6, 6.07) is 16.8. The first-order valence-corrected chi connectivity index (χ1v) is 10.2. The molecule has 0 fully saturated rings. The van der Waals surface area contributed by atoms with E-state index in [2.05, 4.69) is 5.32 Å². The molecule has 3 rings (SSSR count). The van der Waals surface area contributed by atoms with E-state index in [-0.39, 0.29) is 15.8 Å². The summed E-state index contributed by atoms with van der Waals surface area (Å²) < 4.78 is 7.49. The second-order valence-electron chi connectivity index (χ2n) is 6.39. The normalized spacial score (nSPS) is 12.3. The van der Waals surface area contributed by atoms with Crippen LogP contribution in [-0.2, 0) is 11.2 Å². The molecule has 3 aromatic rings. The van der Waals surface area contributed by atoms with Gasteiger partial charge in [-0.3, -0.25) is 14.2 Å². The van der Waals surface area contributed by atoms with Crippen LogP contribution in [0.2, 0.25) is 0 Å². The number of ether oxygens (including phenoxy) is 1. The lowest BCUT2D eigenvalue weighted by molar-refractivity contribution is -0.115. The Labute approximate surface area is 178 Å². The van der Waals surface area contributed by atoms with E-state index in [1.54, 1.807) is 25.3 Å². The summed E-state index contributed by atoms with van der Waals surface area (Å²) in [4.78, 5) is 25.7. The van der Waals surface area contributed by atoms with Crippen molar-refractivity contribution < 1.29 is 9.53 Å². The first-order chi connectivity index (χ1) is 14.5. The Kier molecular flexibility index (Phi) is 6.50. The van der Waals surface area contributed by atoms with Crippen LogP contribution >= 0.6 is 11.3 Å². The van der Waals surface area contributed by atoms with Gasteiger partial charge in [0.1, 0.15) is 16.5 Å². The number of methoxy groups -OCH3 is 1. The number of carbonyl (C=O) groups excluding carboxylic acids is 1. The minimum absolute atomic E-state index is 0.110. The highest BCUT2D eigenvalue weighted by Gasteiger charge is 2.16. The highest BCUT2D eigenvalue weighted by molar-refractivity contribution is 7.07. The molecule has 0 unspecified atom stereocenters. The number of carbonyl (C=O) groups is 1. The molecule has 2 aromatic carbocycles. The molecular weight excluding hydrogens is 398 g/mol. The van der Waals surface area contributed by atoms with E-state index >= 15 is 0 Å². The molecule has 1 aromatic heterocycles. The standard InChI is InChI=1S/C23H21N3O3S/c1-4-15-8-7-10-17(12-15)26-22(28)20(13-16-9-5-6-11-19(16)29-3)30-23(26)18(14-24)21(27)25-2/h5-13H,4H2,1-3H3,(H,25,27)/b20-13+,23-18-. The van der Waals surface area contributed by atoms with E-state index in [1.165, 1.54) is 11.6 Å². The molecule has 1 heterocycles. The second kappa shape index (κ2) is 9.25. The van der Waals surface area contributed by atoms with Crippen LogP contribution in [0.3, 0.4) is 0 Å². The first kappa shape index (κ1) is 21.1. The topological polar surface area (TPSA) is 84.1 Å². The number of nitrogens with zero attached hydrogens (tertiary/aromatic N) is 2. The fraction of sp³-hybridized carbons (Fsp3) is 0.174. The van der Waals surface area contributed by atoms with Gasteiger partial charge >= 0.3 is 0 Å². The Balaban J connectivity index is 2.43. The number of nitrogens with one attached hydrogen (secondary N) is 1. The number of benzene rings is 2. The number of nitriles is 1. The third-order valence-corrected chi connectivity index (χ3v) is 5.70. The summed E-state index contributed by atoms with van der Waals surface area (Å²) in [5, 5.41) is 12.1. The van der Waals surface area contributed by atoms with Crippen LogP contribution in [0.5, 0.6) is 5.75 Å². The molecular formula is C23H21N3O3S. The zero-order chi connectivity index (χ0) is 21.7. The number of aryl methyl sites for hydroxylation is 1. The summed E-state index contributed by atoms with van der Waals surface area (Å²) in [5.74, 6) is 0.0881. The zero-order valence-corrected chi connectivity index (χ0v) is 17.7. The molecule has 6 nitrogen and oxygen atoms in total. The van der Waals surface area contributed by atoms with Gasteiger partial charge in [0.25, 0.3) is 11.5 Å². The number of para-hydroxylation sites is 1. The monoisotopic (exact) mass is 419 g/mol. The highest BCUT2D eigenvalue weighted by Crippen LogP contribution is 2.17. The molecule has 0 aliphatic carbocycles. The minimum Gasteiger partial charge on any atom is -0.496 e. The Morgan fingerprint density at radius 2 is 2.03 bits per heavy atom. The van der Waals surface area contributed by atoms with E-state index in [4.69, 9.17) is 4.74 Å². The van der Waals surface area contributed by atoms with Crippen LogP contribution in [0.4, 0.5) is 0 Å². The SMILES string of the molecule is CCc1cccc(-n2c(=O)/c(=C\c3ccccc3OC)s/c2=C(/C#N)C(=O)NC)c1. The molecule has 0 atom stereocenters. The van der Waals surface area contributed by atoms with Crippen molar-refractivity contribution in [3.63, 3.8) is 0 Å². The number of thiazole rings is 1. The van der Waals surface area contributed by atoms with Gasteiger partial charge in [-0.2, -0.15) is 5.26 Å². The van der Waals surface area contributed by atoms with Crippen LogP contribution < -0.4 is 24.8 Å². The maximum Gasteiger partial charge on any atom is 0.273 e. The third-order valence-electron chi connectivity index (χ3n) is 4.61. The predicted molar refractivity (Wildman–Crippen MR) is 118 cm³/mol. The molecule has 0 saturated carbocycles. The van der Waals surface area contributed by atoms with Gasteiger partial charge in [0.15, 0.2) is 5.57 Å². The number of hydrogen-bond acceptors (Lipinski definition) is 5. The van der Waals surface area contributed by atoms with Crippen molar-refractivity contribution in [2.24, 2.45) is 0 Å². The van der Waals surface area contributed by atoms with Crippen molar-refractivity contribution in [1.29, 1.82) is 5.26 Å². The van der Waals surface area contributed by atoms with Crippen LogP contribution in [-0.4, -0.2) is 24.6 Å². The van der Waals surface area contributed by atoms with E-state index in [9.17, 15) is 14.9 Å². The molecule has 0 aliphatic rings. The van der Waals surface area contributed by atoms with Gasteiger partial charge in [-0.05, 0) is 36.3 Å². The fourth-order valence-corrected chi connectivity index (χ4v) is 4.14. The molecule has 0 spiro atoms. The van der Waals surface area contributed by atoms with E-state index in [1.807, 2.05) is 49.4 Å². The van der Waals surface area contributed by atoms with E-state index < -0.39 is 5.91 Å². The summed E-state index contributed by atoms with van der Waals surface area (Å²) in [7, 11) is 3.02. The molecule has 0 bridgehead atoms. The molecule has 0 radical (unpaired) electrons. The minimum atomic E-state index is -0.539. The molecule has 152 valence electrons. The maximum atomic E-state index is 13.4. The Morgan fingerprint density at radius 1 is 1.27 bits per heavy atom. The lowest BCUT2D eigenvalue weighted by atomic mass is 10.1. The Hall–Kier alpha value is -3.63. The fourth-order valence-electron chi connectivity index (χ4n) is 3.05. The van der Waals surface area contributed by atoms with Crippen molar-refractivity contribution in [1.82, 2.24) is 9.88 Å². The van der Waals surface area contributed by atoms with Crippen LogP contribution in [0, 0.1) is 11.3 Å². The summed E-state index contributed by atoms with van der Waals surface area (Å²) in [5.41, 5.74) is 1.98. The molecule has 1 N–H and O–H groups in total. The van der Waals surface area contributed by atoms with Crippen molar-refractivity contribution in [2.75, 3.05) is 14.2 Å². The summed E-state index contributed by atoms with van der Waals surface area (Å²) >= 11 is 1.10. The number of rotatable bonds is 5. The number of aromatic nitrogens is 1. The van der Waals surface area contributed by atoms with Crippen molar-refractivity contribution in [2.45, 2.75) is 13.3 Å². The first-order valence-electron chi connectivity index (χ1n) is 9.36. The smallest absolute Gasteiger partial charge is 0.273 e. The Bertz CT molecular complexity index is 1310. The largest absolute Gasteiger partial charge is 0.496 e. The van der Waals surface area contributed by atoms with Gasteiger partial charge in [0, 0.05) is 12.6 Å². The molecule has 7 heteroatoms. The highest BCUT2D eigenvalue weighted by atomic mass is 32.1. The third kappa shape index (κ3) is 4.04. The van der Waals surface area contributed by atoms with Gasteiger partial charge in [-0.1, -0.05) is 37.3 Å². The van der Waals surface area contributed by atoms with Gasteiger partial charge in [-0.25, -0.2) is 0 Å². The van der Waals surface area contributed by atoms with Crippen molar-refractivity contribution >= 4 is 28.9 Å². The van der Waals surface area contributed by atoms with Gasteiger partial charge in [0.2, 0.25) is 0 Å². The Morgan fingerprint density at radius 3 is 2.70 bits per heavy atom. The summed E-state index contributed by atoms with van der Waals surface area (Å²) in [6.45, 7) is 2.02. The van der Waals surface area contributed by atoms with Crippen LogP contribution in [0.15, 0.2) is 53.3 Å². The number of amides is 1. The number of hydrogen-bond donors (Lipinski definition) is 1. The van der Waals surface area contributed by atoms with Gasteiger partial charge in [-0.15, -0.1) is 11.3 Å². The van der Waals surface area contributed by atoms with Crippen molar-refractivity contribution in [3.05, 3.63) is 79.2 Å². The van der Waals surface area contributed by atoms with Gasteiger partial charge < -0.3 is 10.1 Å². The predicted octanol–water partition coefficient (Wildman–Crippen LogP) is 1.72. The van der Waals surface area contributed by atoms with Crippen LogP contribution in [0.25, 0.3) is 17.3 Å². The maximum absolute atomic E-state index is 13.4. The lowest BCUT2D eigenvalue weighted by Gasteiger charge is -2.05. The summed E-state index contributed by atoms with van der Waals surface area (Å²) in [6.07, 6.45) is 2.51.